The van der Waals surface area contributed by atoms with Gasteiger partial charge in [-0.2, -0.15) is 0 Å². The lowest BCUT2D eigenvalue weighted by Gasteiger charge is -2.36. The number of rotatable bonds is 1. The highest BCUT2D eigenvalue weighted by Crippen LogP contribution is 2.43. The number of nitrogens with zero attached hydrogens (tertiary/aromatic N) is 2. The highest BCUT2D eigenvalue weighted by atomic mass is 16.5. The quantitative estimate of drug-likeness (QED) is 0.804. The van der Waals surface area contributed by atoms with E-state index >= 15 is 0 Å². The van der Waals surface area contributed by atoms with E-state index in [-0.39, 0.29) is 5.60 Å². The Morgan fingerprint density at radius 1 is 1.39 bits per heavy atom. The van der Waals surface area contributed by atoms with E-state index in [2.05, 4.69) is 21.3 Å². The Bertz CT molecular complexity index is 470. The van der Waals surface area contributed by atoms with Crippen LogP contribution in [-0.4, -0.2) is 36.8 Å². The molecule has 0 unspecified atom stereocenters. The predicted molar refractivity (Wildman–Crippen MR) is 69.8 cm³/mol. The van der Waals surface area contributed by atoms with Gasteiger partial charge in [-0.25, -0.2) is 4.98 Å². The van der Waals surface area contributed by atoms with Gasteiger partial charge in [0.05, 0.1) is 12.2 Å². The minimum absolute atomic E-state index is 0.176. The van der Waals surface area contributed by atoms with E-state index in [9.17, 15) is 0 Å². The van der Waals surface area contributed by atoms with E-state index in [0.717, 1.165) is 39.2 Å². The Balaban J connectivity index is 1.67. The number of hydrogen-bond donors (Lipinski definition) is 1. The summed E-state index contributed by atoms with van der Waals surface area (Å²) in [5, 5.41) is 3.43. The third-order valence-corrected chi connectivity index (χ3v) is 4.35. The summed E-state index contributed by atoms with van der Waals surface area (Å²) in [7, 11) is 0. The Hall–Kier alpha value is -1.13. The third kappa shape index (κ3) is 1.71. The van der Waals surface area contributed by atoms with E-state index in [1.54, 1.807) is 0 Å². The van der Waals surface area contributed by atoms with Crippen molar-refractivity contribution in [3.63, 3.8) is 0 Å². The first kappa shape index (κ1) is 10.8. The maximum Gasteiger partial charge on any atom is 0.132 e. The summed E-state index contributed by atoms with van der Waals surface area (Å²) < 4.78 is 5.89. The maximum atomic E-state index is 5.89. The first-order valence-electron chi connectivity index (χ1n) is 6.93. The van der Waals surface area contributed by atoms with Crippen LogP contribution < -0.4 is 10.2 Å². The van der Waals surface area contributed by atoms with Gasteiger partial charge in [0.2, 0.25) is 0 Å². The van der Waals surface area contributed by atoms with Crippen LogP contribution in [0.15, 0.2) is 12.3 Å². The van der Waals surface area contributed by atoms with Crippen molar-refractivity contribution >= 4 is 5.82 Å². The molecular weight excluding hydrogens is 226 g/mol. The second kappa shape index (κ2) is 3.93. The van der Waals surface area contributed by atoms with Gasteiger partial charge in [0, 0.05) is 31.4 Å². The van der Waals surface area contributed by atoms with Crippen LogP contribution in [0.2, 0.25) is 0 Å². The molecule has 4 nitrogen and oxygen atoms in total. The molecule has 0 bridgehead atoms. The predicted octanol–water partition coefficient (Wildman–Crippen LogP) is 1.10. The molecular formula is C14H19N3O. The number of hydrogen-bond acceptors (Lipinski definition) is 4. The van der Waals surface area contributed by atoms with E-state index in [1.165, 1.54) is 29.8 Å². The van der Waals surface area contributed by atoms with Gasteiger partial charge in [-0.05, 0) is 37.4 Å². The molecule has 0 atom stereocenters. The molecule has 4 heteroatoms. The normalized spacial score (nSPS) is 25.0. The topological polar surface area (TPSA) is 37.4 Å². The van der Waals surface area contributed by atoms with E-state index in [1.807, 2.05) is 6.20 Å². The summed E-state index contributed by atoms with van der Waals surface area (Å²) in [5.74, 6) is 1.21. The number of nitrogens with one attached hydrogen (secondary N) is 1. The number of fused-ring (bicyclic) bond motifs is 1. The molecule has 1 aromatic heterocycles. The zero-order valence-corrected chi connectivity index (χ0v) is 10.6. The lowest BCUT2D eigenvalue weighted by molar-refractivity contribution is 0.0203. The van der Waals surface area contributed by atoms with Crippen LogP contribution in [0.4, 0.5) is 5.82 Å². The van der Waals surface area contributed by atoms with Crippen molar-refractivity contribution < 1.29 is 4.74 Å². The van der Waals surface area contributed by atoms with Crippen LogP contribution >= 0.6 is 0 Å². The van der Waals surface area contributed by atoms with Gasteiger partial charge in [-0.3, -0.25) is 0 Å². The molecule has 1 spiro atoms. The molecule has 1 aromatic rings. The summed E-state index contributed by atoms with van der Waals surface area (Å²) in [5.41, 5.74) is 3.05. The summed E-state index contributed by atoms with van der Waals surface area (Å²) >= 11 is 0. The van der Waals surface area contributed by atoms with Crippen molar-refractivity contribution in [2.24, 2.45) is 0 Å². The monoisotopic (exact) mass is 245 g/mol. The second-order valence-corrected chi connectivity index (χ2v) is 5.65. The highest BCUT2D eigenvalue weighted by molar-refractivity contribution is 5.52. The largest absolute Gasteiger partial charge is 0.371 e. The van der Waals surface area contributed by atoms with Gasteiger partial charge in [0.1, 0.15) is 5.82 Å². The molecule has 4 rings (SSSR count). The minimum Gasteiger partial charge on any atom is -0.371 e. The molecule has 96 valence electrons. The zero-order valence-electron chi connectivity index (χ0n) is 10.6. The SMILES string of the molecule is c1cc2c(c(N3CCOC4(CC4)C3)n1)CCNC2. The van der Waals surface area contributed by atoms with Gasteiger partial charge in [-0.15, -0.1) is 0 Å². The molecule has 2 aliphatic heterocycles. The smallest absolute Gasteiger partial charge is 0.132 e. The Labute approximate surface area is 107 Å². The summed E-state index contributed by atoms with van der Waals surface area (Å²) in [6.07, 6.45) is 5.50. The fraction of sp³-hybridized carbons (Fsp3) is 0.643. The van der Waals surface area contributed by atoms with Gasteiger partial charge in [0.25, 0.3) is 0 Å². The molecule has 1 aliphatic carbocycles. The molecule has 1 saturated carbocycles. The molecule has 2 fully saturated rings. The lowest BCUT2D eigenvalue weighted by Crippen LogP contribution is -2.45. The average Bonchev–Trinajstić information content (AvgIpc) is 3.17. The lowest BCUT2D eigenvalue weighted by atomic mass is 10.0. The van der Waals surface area contributed by atoms with E-state index in [4.69, 9.17) is 4.74 Å². The van der Waals surface area contributed by atoms with Crippen molar-refractivity contribution in [2.45, 2.75) is 31.4 Å². The van der Waals surface area contributed by atoms with Crippen LogP contribution in [-0.2, 0) is 17.7 Å². The average molecular weight is 245 g/mol. The van der Waals surface area contributed by atoms with Crippen LogP contribution in [0.5, 0.6) is 0 Å². The molecule has 1 saturated heterocycles. The van der Waals surface area contributed by atoms with Crippen LogP contribution in [0, 0.1) is 0 Å². The van der Waals surface area contributed by atoms with Crippen LogP contribution in [0.25, 0.3) is 0 Å². The Kier molecular flexibility index (Phi) is 2.35. The van der Waals surface area contributed by atoms with Gasteiger partial charge >= 0.3 is 0 Å². The highest BCUT2D eigenvalue weighted by Gasteiger charge is 2.47. The van der Waals surface area contributed by atoms with Gasteiger partial charge in [-0.1, -0.05) is 0 Å². The van der Waals surface area contributed by atoms with Gasteiger partial charge in [0.15, 0.2) is 0 Å². The summed E-state index contributed by atoms with van der Waals surface area (Å²) in [6, 6.07) is 2.15. The number of ether oxygens (including phenoxy) is 1. The number of anilines is 1. The molecule has 0 aromatic carbocycles. The van der Waals surface area contributed by atoms with Crippen LogP contribution in [0.1, 0.15) is 24.0 Å². The fourth-order valence-corrected chi connectivity index (χ4v) is 3.13. The molecule has 18 heavy (non-hydrogen) atoms. The third-order valence-electron chi connectivity index (χ3n) is 4.35. The van der Waals surface area contributed by atoms with Crippen LogP contribution in [0.3, 0.4) is 0 Å². The maximum absolute atomic E-state index is 5.89. The molecule has 3 heterocycles. The van der Waals surface area contributed by atoms with Crippen molar-refractivity contribution in [2.75, 3.05) is 31.1 Å². The van der Waals surface area contributed by atoms with E-state index < -0.39 is 0 Å². The molecule has 1 N–H and O–H groups in total. The summed E-state index contributed by atoms with van der Waals surface area (Å²) in [4.78, 5) is 7.10. The van der Waals surface area contributed by atoms with Crippen molar-refractivity contribution in [3.8, 4) is 0 Å². The Morgan fingerprint density at radius 3 is 3.22 bits per heavy atom. The van der Waals surface area contributed by atoms with Crippen molar-refractivity contribution in [1.29, 1.82) is 0 Å². The van der Waals surface area contributed by atoms with Crippen molar-refractivity contribution in [1.82, 2.24) is 10.3 Å². The van der Waals surface area contributed by atoms with Gasteiger partial charge < -0.3 is 15.0 Å². The molecule has 0 radical (unpaired) electrons. The first-order valence-corrected chi connectivity index (χ1v) is 6.93. The molecule has 0 amide bonds. The number of pyridine rings is 1. The van der Waals surface area contributed by atoms with Crippen molar-refractivity contribution in [3.05, 3.63) is 23.4 Å². The number of morpholine rings is 1. The fourth-order valence-electron chi connectivity index (χ4n) is 3.13. The van der Waals surface area contributed by atoms with E-state index in [0.29, 0.717) is 0 Å². The number of aromatic nitrogens is 1. The second-order valence-electron chi connectivity index (χ2n) is 5.65. The summed E-state index contributed by atoms with van der Waals surface area (Å²) in [6.45, 7) is 4.92. The first-order chi connectivity index (χ1) is 8.86. The standard InChI is InChI=1S/C14H19N3O/c1-6-16-13(12-2-5-15-9-11(1)12)17-7-8-18-14(10-17)3-4-14/h1,6,15H,2-5,7-10H2. The Morgan fingerprint density at radius 2 is 2.33 bits per heavy atom. The molecule has 3 aliphatic rings. The zero-order chi connectivity index (χ0) is 12.0. The minimum atomic E-state index is 0.176.